The predicted octanol–water partition coefficient (Wildman–Crippen LogP) is 4.98. The molecule has 0 saturated carbocycles. The number of amides is 3. The Morgan fingerprint density at radius 1 is 0.909 bits per heavy atom. The number of anilines is 2. The zero-order valence-electron chi connectivity index (χ0n) is 17.2. The van der Waals surface area contributed by atoms with Gasteiger partial charge in [0.1, 0.15) is 0 Å². The molecule has 0 bridgehead atoms. The zero-order chi connectivity index (χ0) is 23.7. The molecule has 0 saturated heterocycles. The topological polar surface area (TPSA) is 92.8 Å². The molecule has 33 heavy (non-hydrogen) atoms. The SMILES string of the molecule is CC(OC(=O)c1ccc(N2C(=O)c3ccccc3C2=O)cc1)C(=O)Nc1ccc(Cl)cc1Cl. The molecule has 0 aliphatic carbocycles. The van der Waals surface area contributed by atoms with Gasteiger partial charge in [0.25, 0.3) is 17.7 Å². The number of imide groups is 1. The van der Waals surface area contributed by atoms with Gasteiger partial charge in [-0.1, -0.05) is 35.3 Å². The van der Waals surface area contributed by atoms with E-state index in [9.17, 15) is 19.2 Å². The van der Waals surface area contributed by atoms with Crippen molar-refractivity contribution in [3.8, 4) is 0 Å². The summed E-state index contributed by atoms with van der Waals surface area (Å²) >= 11 is 11.9. The zero-order valence-corrected chi connectivity index (χ0v) is 18.7. The standard InChI is InChI=1S/C24H16Cl2N2O5/c1-13(21(29)27-20-11-8-15(25)12-19(20)26)33-24(32)14-6-9-16(10-7-14)28-22(30)17-4-2-3-5-18(17)23(28)31/h2-13H,1H3,(H,27,29). The van der Waals surface area contributed by atoms with Crippen LogP contribution >= 0.6 is 23.2 Å². The molecule has 3 amide bonds. The number of esters is 1. The van der Waals surface area contributed by atoms with Crippen molar-refractivity contribution in [3.05, 3.63) is 93.5 Å². The Kier molecular flexibility index (Phi) is 6.18. The number of carbonyl (C=O) groups excluding carboxylic acids is 4. The Labute approximate surface area is 198 Å². The predicted molar refractivity (Wildman–Crippen MR) is 124 cm³/mol. The number of ether oxygens (including phenoxy) is 1. The molecular formula is C24H16Cl2N2O5. The number of carbonyl (C=O) groups is 4. The van der Waals surface area contributed by atoms with Crippen molar-refractivity contribution in [2.24, 2.45) is 0 Å². The Bertz CT molecular complexity index is 1260. The number of fused-ring (bicyclic) bond motifs is 1. The quantitative estimate of drug-likeness (QED) is 0.408. The highest BCUT2D eigenvalue weighted by Crippen LogP contribution is 2.29. The van der Waals surface area contributed by atoms with Crippen LogP contribution in [0.2, 0.25) is 10.0 Å². The highest BCUT2D eigenvalue weighted by atomic mass is 35.5. The van der Waals surface area contributed by atoms with E-state index < -0.39 is 29.8 Å². The highest BCUT2D eigenvalue weighted by Gasteiger charge is 2.36. The molecule has 0 fully saturated rings. The first-order valence-corrected chi connectivity index (χ1v) is 10.6. The van der Waals surface area contributed by atoms with Crippen molar-refractivity contribution in [2.45, 2.75) is 13.0 Å². The van der Waals surface area contributed by atoms with E-state index in [1.54, 1.807) is 30.3 Å². The van der Waals surface area contributed by atoms with Crippen LogP contribution in [0.4, 0.5) is 11.4 Å². The van der Waals surface area contributed by atoms with Crippen LogP contribution in [0.1, 0.15) is 38.0 Å². The maximum absolute atomic E-state index is 12.6. The summed E-state index contributed by atoms with van der Waals surface area (Å²) in [5.41, 5.74) is 1.46. The second kappa shape index (κ2) is 9.05. The monoisotopic (exact) mass is 482 g/mol. The fourth-order valence-electron chi connectivity index (χ4n) is 3.28. The van der Waals surface area contributed by atoms with Gasteiger partial charge >= 0.3 is 5.97 Å². The number of nitrogens with one attached hydrogen (secondary N) is 1. The lowest BCUT2D eigenvalue weighted by Gasteiger charge is -2.16. The highest BCUT2D eigenvalue weighted by molar-refractivity contribution is 6.37. The van der Waals surface area contributed by atoms with Crippen LogP contribution in [0.3, 0.4) is 0 Å². The van der Waals surface area contributed by atoms with E-state index >= 15 is 0 Å². The molecule has 1 N–H and O–H groups in total. The molecule has 9 heteroatoms. The molecule has 1 heterocycles. The number of benzene rings is 3. The van der Waals surface area contributed by atoms with Crippen LogP contribution in [0.15, 0.2) is 66.7 Å². The van der Waals surface area contributed by atoms with Gasteiger partial charge in [0, 0.05) is 5.02 Å². The average Bonchev–Trinajstić information content (AvgIpc) is 3.06. The van der Waals surface area contributed by atoms with Crippen LogP contribution in [0.5, 0.6) is 0 Å². The summed E-state index contributed by atoms with van der Waals surface area (Å²) < 4.78 is 5.22. The molecule has 3 aromatic carbocycles. The van der Waals surface area contributed by atoms with Crippen molar-refractivity contribution >= 4 is 58.3 Å². The van der Waals surface area contributed by atoms with Gasteiger partial charge in [0.2, 0.25) is 0 Å². The Morgan fingerprint density at radius 2 is 1.52 bits per heavy atom. The second-order valence-corrected chi connectivity index (χ2v) is 8.04. The summed E-state index contributed by atoms with van der Waals surface area (Å²) in [7, 11) is 0. The lowest BCUT2D eigenvalue weighted by atomic mass is 10.1. The summed E-state index contributed by atoms with van der Waals surface area (Å²) in [6.07, 6.45) is -1.11. The third-order valence-electron chi connectivity index (χ3n) is 5.00. The third-order valence-corrected chi connectivity index (χ3v) is 5.55. The Balaban J connectivity index is 1.42. The van der Waals surface area contributed by atoms with E-state index in [0.29, 0.717) is 27.5 Å². The maximum Gasteiger partial charge on any atom is 0.338 e. The summed E-state index contributed by atoms with van der Waals surface area (Å²) in [5, 5.41) is 3.24. The lowest BCUT2D eigenvalue weighted by Crippen LogP contribution is -2.30. The number of nitrogens with zero attached hydrogens (tertiary/aromatic N) is 1. The van der Waals surface area contributed by atoms with Gasteiger partial charge < -0.3 is 10.1 Å². The molecule has 4 rings (SSSR count). The largest absolute Gasteiger partial charge is 0.449 e. The molecule has 166 valence electrons. The van der Waals surface area contributed by atoms with E-state index in [-0.39, 0.29) is 10.6 Å². The minimum Gasteiger partial charge on any atom is -0.449 e. The molecule has 0 radical (unpaired) electrons. The van der Waals surface area contributed by atoms with Gasteiger partial charge in [-0.25, -0.2) is 9.69 Å². The molecule has 1 aliphatic rings. The number of rotatable bonds is 5. The van der Waals surface area contributed by atoms with E-state index in [1.807, 2.05) is 0 Å². The van der Waals surface area contributed by atoms with Crippen LogP contribution in [-0.2, 0) is 9.53 Å². The van der Waals surface area contributed by atoms with Gasteiger partial charge in [-0.15, -0.1) is 0 Å². The van der Waals surface area contributed by atoms with Gasteiger partial charge in [-0.3, -0.25) is 14.4 Å². The smallest absolute Gasteiger partial charge is 0.338 e. The van der Waals surface area contributed by atoms with Crippen molar-refractivity contribution in [1.82, 2.24) is 0 Å². The Morgan fingerprint density at radius 3 is 2.09 bits per heavy atom. The summed E-state index contributed by atoms with van der Waals surface area (Å²) in [5.74, 6) is -2.18. The number of halogens is 2. The van der Waals surface area contributed by atoms with Gasteiger partial charge in [0.05, 0.1) is 33.1 Å². The fourth-order valence-corrected chi connectivity index (χ4v) is 3.73. The van der Waals surface area contributed by atoms with Gasteiger partial charge in [0.15, 0.2) is 6.10 Å². The fraction of sp³-hybridized carbons (Fsp3) is 0.0833. The molecule has 1 atom stereocenters. The first-order chi connectivity index (χ1) is 15.8. The van der Waals surface area contributed by atoms with Gasteiger partial charge in [-0.05, 0) is 61.5 Å². The normalized spacial score (nSPS) is 13.5. The van der Waals surface area contributed by atoms with E-state index in [2.05, 4.69) is 5.32 Å². The summed E-state index contributed by atoms with van der Waals surface area (Å²) in [4.78, 5) is 51.1. The Hall–Kier alpha value is -3.68. The molecule has 0 spiro atoms. The van der Waals surface area contributed by atoms with Crippen molar-refractivity contribution in [1.29, 1.82) is 0 Å². The van der Waals surface area contributed by atoms with E-state index in [4.69, 9.17) is 27.9 Å². The van der Waals surface area contributed by atoms with Crippen LogP contribution in [-0.4, -0.2) is 29.8 Å². The van der Waals surface area contributed by atoms with Crippen LogP contribution in [0.25, 0.3) is 0 Å². The first-order valence-electron chi connectivity index (χ1n) is 9.81. The molecular weight excluding hydrogens is 467 g/mol. The number of hydrogen-bond donors (Lipinski definition) is 1. The third kappa shape index (κ3) is 4.46. The van der Waals surface area contributed by atoms with Crippen molar-refractivity contribution in [2.75, 3.05) is 10.2 Å². The molecule has 7 nitrogen and oxygen atoms in total. The van der Waals surface area contributed by atoms with Crippen molar-refractivity contribution < 1.29 is 23.9 Å². The molecule has 3 aromatic rings. The van der Waals surface area contributed by atoms with Crippen LogP contribution < -0.4 is 10.2 Å². The minimum atomic E-state index is -1.11. The summed E-state index contributed by atoms with van der Waals surface area (Å²) in [6, 6.07) is 16.9. The summed E-state index contributed by atoms with van der Waals surface area (Å²) in [6.45, 7) is 1.42. The maximum atomic E-state index is 12.6. The van der Waals surface area contributed by atoms with E-state index in [0.717, 1.165) is 4.90 Å². The minimum absolute atomic E-state index is 0.152. The number of hydrogen-bond acceptors (Lipinski definition) is 5. The lowest BCUT2D eigenvalue weighted by molar-refractivity contribution is -0.123. The van der Waals surface area contributed by atoms with Gasteiger partial charge in [-0.2, -0.15) is 0 Å². The molecule has 0 aromatic heterocycles. The molecule has 1 aliphatic heterocycles. The average molecular weight is 483 g/mol. The second-order valence-electron chi connectivity index (χ2n) is 7.20. The van der Waals surface area contributed by atoms with Crippen LogP contribution in [0, 0.1) is 0 Å². The van der Waals surface area contributed by atoms with E-state index in [1.165, 1.54) is 43.3 Å². The molecule has 1 unspecified atom stereocenters. The first kappa shape index (κ1) is 22.5. The van der Waals surface area contributed by atoms with Crippen molar-refractivity contribution in [3.63, 3.8) is 0 Å².